The molecule has 2 heterocycles. The molecule has 0 N–H and O–H groups in total. The van der Waals surface area contributed by atoms with Gasteiger partial charge >= 0.3 is 6.09 Å². The lowest BCUT2D eigenvalue weighted by Gasteiger charge is -2.41. The molecule has 128 valence electrons. The normalized spacial score (nSPS) is 28.1. The van der Waals surface area contributed by atoms with Gasteiger partial charge in [0.15, 0.2) is 0 Å². The summed E-state index contributed by atoms with van der Waals surface area (Å²) in [6, 6.07) is 0.884. The minimum atomic E-state index is -0.424. The van der Waals surface area contributed by atoms with E-state index in [2.05, 4.69) is 16.8 Å². The van der Waals surface area contributed by atoms with Crippen molar-refractivity contribution in [1.82, 2.24) is 14.7 Å². The SMILES string of the molecule is COC[C@@H]1CN([C@@H]2CCN(C(=O)OC(C)(C)C)C2)CCN1C. The van der Waals surface area contributed by atoms with E-state index in [1.165, 1.54) is 0 Å². The van der Waals surface area contributed by atoms with E-state index >= 15 is 0 Å². The van der Waals surface area contributed by atoms with Crippen LogP contribution in [0.5, 0.6) is 0 Å². The second-order valence-electron chi connectivity index (χ2n) is 7.45. The van der Waals surface area contributed by atoms with Gasteiger partial charge in [0.05, 0.1) is 6.61 Å². The van der Waals surface area contributed by atoms with Crippen LogP contribution in [0, 0.1) is 0 Å². The molecule has 2 aliphatic rings. The van der Waals surface area contributed by atoms with Crippen LogP contribution in [0.2, 0.25) is 0 Å². The maximum absolute atomic E-state index is 12.2. The molecule has 2 saturated heterocycles. The van der Waals surface area contributed by atoms with Gasteiger partial charge in [-0.15, -0.1) is 0 Å². The van der Waals surface area contributed by atoms with E-state index in [9.17, 15) is 4.79 Å². The molecule has 2 fully saturated rings. The first-order chi connectivity index (χ1) is 10.3. The molecular weight excluding hydrogens is 282 g/mol. The van der Waals surface area contributed by atoms with Crippen molar-refractivity contribution >= 4 is 6.09 Å². The summed E-state index contributed by atoms with van der Waals surface area (Å²) < 4.78 is 10.8. The maximum Gasteiger partial charge on any atom is 0.410 e. The van der Waals surface area contributed by atoms with Gasteiger partial charge in [-0.3, -0.25) is 9.80 Å². The quantitative estimate of drug-likeness (QED) is 0.785. The largest absolute Gasteiger partial charge is 0.444 e. The Morgan fingerprint density at radius 2 is 1.91 bits per heavy atom. The number of hydrogen-bond donors (Lipinski definition) is 0. The summed E-state index contributed by atoms with van der Waals surface area (Å²) in [5.74, 6) is 0. The van der Waals surface area contributed by atoms with Gasteiger partial charge in [0.2, 0.25) is 0 Å². The van der Waals surface area contributed by atoms with Crippen molar-refractivity contribution < 1.29 is 14.3 Å². The van der Waals surface area contributed by atoms with Crippen LogP contribution >= 0.6 is 0 Å². The standard InChI is InChI=1S/C16H31N3O3/c1-16(2,3)22-15(20)19-7-6-13(10-19)18-9-8-17(4)14(11-18)12-21-5/h13-14H,6-12H2,1-5H3/t13-,14+/m1/s1. The second kappa shape index (κ2) is 7.15. The van der Waals surface area contributed by atoms with Gasteiger partial charge in [0.1, 0.15) is 5.60 Å². The van der Waals surface area contributed by atoms with E-state index in [-0.39, 0.29) is 6.09 Å². The van der Waals surface area contributed by atoms with Crippen molar-refractivity contribution in [2.45, 2.75) is 44.9 Å². The predicted molar refractivity (Wildman–Crippen MR) is 86.1 cm³/mol. The first-order valence-electron chi connectivity index (χ1n) is 8.21. The fourth-order valence-corrected chi connectivity index (χ4v) is 3.21. The number of likely N-dealkylation sites (tertiary alicyclic amines) is 1. The molecule has 0 radical (unpaired) electrons. The highest BCUT2D eigenvalue weighted by atomic mass is 16.6. The Hall–Kier alpha value is -0.850. The zero-order chi connectivity index (χ0) is 16.3. The molecule has 0 aromatic carbocycles. The van der Waals surface area contributed by atoms with Crippen LogP contribution in [0.3, 0.4) is 0 Å². The van der Waals surface area contributed by atoms with E-state index in [1.54, 1.807) is 7.11 Å². The maximum atomic E-state index is 12.2. The topological polar surface area (TPSA) is 45.3 Å². The van der Waals surface area contributed by atoms with Crippen molar-refractivity contribution in [2.75, 3.05) is 53.5 Å². The summed E-state index contributed by atoms with van der Waals surface area (Å²) >= 11 is 0. The van der Waals surface area contributed by atoms with Crippen LogP contribution in [0.15, 0.2) is 0 Å². The van der Waals surface area contributed by atoms with Gasteiger partial charge in [-0.05, 0) is 34.2 Å². The summed E-state index contributed by atoms with van der Waals surface area (Å²) in [5, 5.41) is 0. The molecule has 22 heavy (non-hydrogen) atoms. The highest BCUT2D eigenvalue weighted by Crippen LogP contribution is 2.21. The first kappa shape index (κ1) is 17.5. The molecule has 2 atom stereocenters. The number of carbonyl (C=O) groups is 1. The molecule has 0 aliphatic carbocycles. The average molecular weight is 313 g/mol. The minimum absolute atomic E-state index is 0.183. The third-order valence-corrected chi connectivity index (χ3v) is 4.50. The lowest BCUT2D eigenvalue weighted by Crippen LogP contribution is -2.56. The Morgan fingerprint density at radius 3 is 2.55 bits per heavy atom. The number of methoxy groups -OCH3 is 1. The Morgan fingerprint density at radius 1 is 1.18 bits per heavy atom. The summed E-state index contributed by atoms with van der Waals surface area (Å²) in [6.07, 6.45) is 0.848. The number of hydrogen-bond acceptors (Lipinski definition) is 5. The molecule has 6 nitrogen and oxygen atoms in total. The van der Waals surface area contributed by atoms with Crippen molar-refractivity contribution in [1.29, 1.82) is 0 Å². The third kappa shape index (κ3) is 4.57. The van der Waals surface area contributed by atoms with Crippen molar-refractivity contribution in [2.24, 2.45) is 0 Å². The third-order valence-electron chi connectivity index (χ3n) is 4.50. The lowest BCUT2D eigenvalue weighted by atomic mass is 10.1. The van der Waals surface area contributed by atoms with Gasteiger partial charge < -0.3 is 14.4 Å². The fourth-order valence-electron chi connectivity index (χ4n) is 3.21. The lowest BCUT2D eigenvalue weighted by molar-refractivity contribution is 0.0167. The zero-order valence-electron chi connectivity index (χ0n) is 14.7. The van der Waals surface area contributed by atoms with Gasteiger partial charge in [0.25, 0.3) is 0 Å². The van der Waals surface area contributed by atoms with Gasteiger partial charge in [-0.1, -0.05) is 0 Å². The molecule has 1 amide bonds. The molecule has 0 aromatic rings. The highest BCUT2D eigenvalue weighted by Gasteiger charge is 2.35. The Balaban J connectivity index is 1.86. The van der Waals surface area contributed by atoms with Crippen LogP contribution in [-0.2, 0) is 9.47 Å². The number of piperazine rings is 1. The number of rotatable bonds is 3. The van der Waals surface area contributed by atoms with Crippen LogP contribution < -0.4 is 0 Å². The van der Waals surface area contributed by atoms with Crippen LogP contribution in [0.25, 0.3) is 0 Å². The van der Waals surface area contributed by atoms with Crippen molar-refractivity contribution in [3.63, 3.8) is 0 Å². The molecule has 2 aliphatic heterocycles. The van der Waals surface area contributed by atoms with E-state index < -0.39 is 5.60 Å². The number of carbonyl (C=O) groups excluding carboxylic acids is 1. The monoisotopic (exact) mass is 313 g/mol. The second-order valence-corrected chi connectivity index (χ2v) is 7.45. The molecule has 0 saturated carbocycles. The molecule has 0 bridgehead atoms. The van der Waals surface area contributed by atoms with Gasteiger partial charge in [0, 0.05) is 51.9 Å². The molecule has 0 unspecified atom stereocenters. The highest BCUT2D eigenvalue weighted by molar-refractivity contribution is 5.68. The van der Waals surface area contributed by atoms with Crippen molar-refractivity contribution in [3.05, 3.63) is 0 Å². The summed E-state index contributed by atoms with van der Waals surface area (Å²) in [5.41, 5.74) is -0.424. The summed E-state index contributed by atoms with van der Waals surface area (Å²) in [7, 11) is 3.91. The molecule has 0 aromatic heterocycles. The van der Waals surface area contributed by atoms with Crippen molar-refractivity contribution in [3.8, 4) is 0 Å². The van der Waals surface area contributed by atoms with Gasteiger partial charge in [-0.25, -0.2) is 4.79 Å². The molecule has 6 heteroatoms. The Labute approximate surface area is 134 Å². The Kier molecular flexibility index (Phi) is 5.69. The summed E-state index contributed by atoms with van der Waals surface area (Å²) in [4.78, 5) is 18.9. The molecule has 2 rings (SSSR count). The number of amides is 1. The number of nitrogens with zero attached hydrogens (tertiary/aromatic N) is 3. The van der Waals surface area contributed by atoms with Gasteiger partial charge in [-0.2, -0.15) is 0 Å². The summed E-state index contributed by atoms with van der Waals surface area (Å²) in [6.45, 7) is 11.2. The fraction of sp³-hybridized carbons (Fsp3) is 0.938. The molecule has 0 spiro atoms. The van der Waals surface area contributed by atoms with Crippen LogP contribution in [0.4, 0.5) is 4.79 Å². The predicted octanol–water partition coefficient (Wildman–Crippen LogP) is 1.26. The smallest absolute Gasteiger partial charge is 0.410 e. The molecular formula is C16H31N3O3. The average Bonchev–Trinajstić information content (AvgIpc) is 2.89. The number of likely N-dealkylation sites (N-methyl/N-ethyl adjacent to an activating group) is 1. The van der Waals surface area contributed by atoms with Crippen LogP contribution in [-0.4, -0.2) is 92.0 Å². The van der Waals surface area contributed by atoms with E-state index in [4.69, 9.17) is 9.47 Å². The van der Waals surface area contributed by atoms with E-state index in [1.807, 2.05) is 25.7 Å². The first-order valence-corrected chi connectivity index (χ1v) is 8.21. The number of ether oxygens (including phenoxy) is 2. The zero-order valence-corrected chi connectivity index (χ0v) is 14.7. The van der Waals surface area contributed by atoms with E-state index in [0.29, 0.717) is 12.1 Å². The Bertz CT molecular complexity index is 383. The van der Waals surface area contributed by atoms with E-state index in [0.717, 1.165) is 45.8 Å². The minimum Gasteiger partial charge on any atom is -0.444 e. The van der Waals surface area contributed by atoms with Crippen LogP contribution in [0.1, 0.15) is 27.2 Å².